The third-order valence-electron chi connectivity index (χ3n) is 3.73. The number of hydrogen-bond acceptors (Lipinski definition) is 3. The fraction of sp³-hybridized carbons (Fsp3) is 0.611. The van der Waals surface area contributed by atoms with Crippen LogP contribution in [0.4, 0.5) is 0 Å². The number of aliphatic imine (C=N–C) groups is 1. The van der Waals surface area contributed by atoms with Gasteiger partial charge in [-0.1, -0.05) is 32.9 Å². The molecule has 0 fully saturated rings. The number of sulfonamides is 1. The van der Waals surface area contributed by atoms with E-state index in [0.29, 0.717) is 18.0 Å². The van der Waals surface area contributed by atoms with E-state index in [2.05, 4.69) is 43.3 Å². The van der Waals surface area contributed by atoms with Gasteiger partial charge >= 0.3 is 0 Å². The van der Waals surface area contributed by atoms with Crippen molar-refractivity contribution in [1.82, 2.24) is 10.6 Å². The average Bonchev–Trinajstić information content (AvgIpc) is 2.50. The average molecular weight is 496 g/mol. The largest absolute Gasteiger partial charge is 0.357 e. The fourth-order valence-corrected chi connectivity index (χ4v) is 2.75. The number of nitrogens with two attached hydrogens (primary N) is 1. The van der Waals surface area contributed by atoms with Crippen molar-refractivity contribution in [1.29, 1.82) is 0 Å². The number of nitrogens with zero attached hydrogens (tertiary/aromatic N) is 1. The predicted octanol–water partition coefficient (Wildman–Crippen LogP) is 3.22. The van der Waals surface area contributed by atoms with Crippen molar-refractivity contribution in [2.75, 3.05) is 6.54 Å². The first-order valence-electron chi connectivity index (χ1n) is 8.68. The quantitative estimate of drug-likeness (QED) is 0.307. The Balaban J connectivity index is 0.00000625. The van der Waals surface area contributed by atoms with Crippen LogP contribution in [0.5, 0.6) is 0 Å². The molecule has 0 radical (unpaired) electrons. The number of rotatable bonds is 7. The third kappa shape index (κ3) is 10.3. The van der Waals surface area contributed by atoms with Gasteiger partial charge in [0.25, 0.3) is 0 Å². The molecular formula is C18H33IN4O2S. The van der Waals surface area contributed by atoms with E-state index in [0.717, 1.165) is 30.9 Å². The van der Waals surface area contributed by atoms with Crippen LogP contribution in [0.15, 0.2) is 34.2 Å². The Labute approximate surface area is 175 Å². The minimum atomic E-state index is -3.65. The van der Waals surface area contributed by atoms with E-state index in [9.17, 15) is 8.42 Å². The topological polar surface area (TPSA) is 96.6 Å². The lowest BCUT2D eigenvalue weighted by Crippen LogP contribution is -2.42. The van der Waals surface area contributed by atoms with Gasteiger partial charge < -0.3 is 10.6 Å². The van der Waals surface area contributed by atoms with Crippen LogP contribution in [0.1, 0.15) is 53.0 Å². The molecule has 0 aliphatic heterocycles. The van der Waals surface area contributed by atoms with Crippen molar-refractivity contribution >= 4 is 40.0 Å². The Morgan fingerprint density at radius 1 is 1.23 bits per heavy atom. The van der Waals surface area contributed by atoms with Crippen molar-refractivity contribution in [2.24, 2.45) is 15.5 Å². The zero-order chi connectivity index (χ0) is 19.1. The molecule has 1 aromatic carbocycles. The van der Waals surface area contributed by atoms with Crippen LogP contribution >= 0.6 is 24.0 Å². The molecule has 0 aliphatic carbocycles. The molecule has 0 bridgehead atoms. The zero-order valence-electron chi connectivity index (χ0n) is 16.4. The van der Waals surface area contributed by atoms with Crippen molar-refractivity contribution in [2.45, 2.75) is 64.9 Å². The van der Waals surface area contributed by atoms with Crippen molar-refractivity contribution in [3.05, 3.63) is 29.8 Å². The molecule has 1 unspecified atom stereocenters. The first-order chi connectivity index (χ1) is 11.5. The number of nitrogens with one attached hydrogen (secondary N) is 2. The SMILES string of the molecule is CCNC(=NCc1ccc(S(N)(=O)=O)cc1)NC(C)CCC(C)(C)C.I. The molecule has 8 heteroatoms. The van der Waals surface area contributed by atoms with Crippen molar-refractivity contribution in [3.63, 3.8) is 0 Å². The molecule has 0 spiro atoms. The second-order valence-corrected chi connectivity index (χ2v) is 9.09. The Hall–Kier alpha value is -0.870. The molecule has 1 rings (SSSR count). The number of primary sulfonamides is 1. The van der Waals surface area contributed by atoms with Crippen LogP contribution in [-0.2, 0) is 16.6 Å². The molecule has 1 atom stereocenters. The Kier molecular flexibility index (Phi) is 10.7. The van der Waals surface area contributed by atoms with Gasteiger partial charge in [0.2, 0.25) is 10.0 Å². The summed E-state index contributed by atoms with van der Waals surface area (Å²) < 4.78 is 22.6. The standard InChI is InChI=1S/C18H32N4O2S.HI/c1-6-20-17(22-14(2)11-12-18(3,4)5)21-13-15-7-9-16(10-8-15)25(19,23)24;/h7-10,14H,6,11-13H2,1-5H3,(H2,19,23,24)(H2,20,21,22);1H. The second-order valence-electron chi connectivity index (χ2n) is 7.53. The zero-order valence-corrected chi connectivity index (χ0v) is 19.5. The first-order valence-corrected chi connectivity index (χ1v) is 10.2. The van der Waals surface area contributed by atoms with Crippen LogP contribution in [0, 0.1) is 5.41 Å². The Bertz CT molecular complexity index is 667. The summed E-state index contributed by atoms with van der Waals surface area (Å²) in [7, 11) is -3.65. The minimum absolute atomic E-state index is 0. The summed E-state index contributed by atoms with van der Waals surface area (Å²) in [4.78, 5) is 4.69. The van der Waals surface area contributed by atoms with Gasteiger partial charge in [-0.3, -0.25) is 0 Å². The molecule has 0 aliphatic rings. The second kappa shape index (κ2) is 11.1. The number of hydrogen-bond donors (Lipinski definition) is 3. The lowest BCUT2D eigenvalue weighted by Gasteiger charge is -2.23. The van der Waals surface area contributed by atoms with Crippen LogP contribution < -0.4 is 15.8 Å². The van der Waals surface area contributed by atoms with Crippen LogP contribution in [0.3, 0.4) is 0 Å². The molecule has 0 amide bonds. The smallest absolute Gasteiger partial charge is 0.238 e. The minimum Gasteiger partial charge on any atom is -0.357 e. The highest BCUT2D eigenvalue weighted by Gasteiger charge is 2.13. The molecular weight excluding hydrogens is 463 g/mol. The maximum atomic E-state index is 11.3. The fourth-order valence-electron chi connectivity index (χ4n) is 2.23. The summed E-state index contributed by atoms with van der Waals surface area (Å²) in [5.74, 6) is 0.763. The summed E-state index contributed by atoms with van der Waals surface area (Å²) in [6, 6.07) is 6.80. The van der Waals surface area contributed by atoms with Gasteiger partial charge in [0.05, 0.1) is 11.4 Å². The van der Waals surface area contributed by atoms with E-state index in [1.807, 2.05) is 6.92 Å². The van der Waals surface area contributed by atoms with Crippen molar-refractivity contribution in [3.8, 4) is 0 Å². The summed E-state index contributed by atoms with van der Waals surface area (Å²) in [6.07, 6.45) is 2.20. The maximum absolute atomic E-state index is 11.3. The summed E-state index contributed by atoms with van der Waals surface area (Å²) >= 11 is 0. The third-order valence-corrected chi connectivity index (χ3v) is 4.66. The monoisotopic (exact) mass is 496 g/mol. The number of benzene rings is 1. The van der Waals surface area contributed by atoms with Crippen LogP contribution in [0.25, 0.3) is 0 Å². The highest BCUT2D eigenvalue weighted by atomic mass is 127. The highest BCUT2D eigenvalue weighted by Crippen LogP contribution is 2.21. The molecule has 0 heterocycles. The lowest BCUT2D eigenvalue weighted by atomic mass is 9.89. The normalized spacial score (nSPS) is 13.7. The molecule has 0 aromatic heterocycles. The van der Waals surface area contributed by atoms with Gasteiger partial charge in [-0.2, -0.15) is 0 Å². The van der Waals surface area contributed by atoms with E-state index in [-0.39, 0.29) is 28.9 Å². The van der Waals surface area contributed by atoms with E-state index in [4.69, 9.17) is 5.14 Å². The van der Waals surface area contributed by atoms with E-state index in [1.165, 1.54) is 12.1 Å². The Morgan fingerprint density at radius 2 is 1.81 bits per heavy atom. The Morgan fingerprint density at radius 3 is 2.27 bits per heavy atom. The maximum Gasteiger partial charge on any atom is 0.238 e. The summed E-state index contributed by atoms with van der Waals surface area (Å²) in [6.45, 7) is 12.1. The van der Waals surface area contributed by atoms with Crippen LogP contribution in [-0.4, -0.2) is 27.0 Å². The molecule has 4 N–H and O–H groups in total. The number of halogens is 1. The highest BCUT2D eigenvalue weighted by molar-refractivity contribution is 14.0. The van der Waals surface area contributed by atoms with E-state index < -0.39 is 10.0 Å². The van der Waals surface area contributed by atoms with Gasteiger partial charge in [-0.15, -0.1) is 24.0 Å². The summed E-state index contributed by atoms with van der Waals surface area (Å²) in [5.41, 5.74) is 1.24. The lowest BCUT2D eigenvalue weighted by molar-refractivity contribution is 0.346. The predicted molar refractivity (Wildman–Crippen MR) is 119 cm³/mol. The number of guanidine groups is 1. The molecule has 1 aromatic rings. The molecule has 6 nitrogen and oxygen atoms in total. The van der Waals surface area contributed by atoms with E-state index >= 15 is 0 Å². The molecule has 26 heavy (non-hydrogen) atoms. The molecule has 0 saturated carbocycles. The van der Waals surface area contributed by atoms with Crippen molar-refractivity contribution < 1.29 is 8.42 Å². The molecule has 150 valence electrons. The van der Waals surface area contributed by atoms with Gasteiger partial charge in [-0.05, 0) is 49.8 Å². The van der Waals surface area contributed by atoms with Crippen LogP contribution in [0.2, 0.25) is 0 Å². The van der Waals surface area contributed by atoms with Gasteiger partial charge in [0.1, 0.15) is 0 Å². The summed E-state index contributed by atoms with van der Waals surface area (Å²) in [5, 5.41) is 11.8. The van der Waals surface area contributed by atoms with Gasteiger partial charge in [0, 0.05) is 12.6 Å². The first kappa shape index (κ1) is 25.1. The molecule has 0 saturated heterocycles. The van der Waals surface area contributed by atoms with Gasteiger partial charge in [-0.25, -0.2) is 18.5 Å². The van der Waals surface area contributed by atoms with Gasteiger partial charge in [0.15, 0.2) is 5.96 Å². The van der Waals surface area contributed by atoms with E-state index in [1.54, 1.807) is 12.1 Å².